The molecule has 2 aromatic rings. The molecule has 0 aliphatic heterocycles. The van der Waals surface area contributed by atoms with E-state index < -0.39 is 24.5 Å². The maximum atomic E-state index is 13.1. The molecule has 0 aliphatic carbocycles. The number of amides is 1. The Balaban J connectivity index is 1.87. The van der Waals surface area contributed by atoms with Crippen molar-refractivity contribution in [3.05, 3.63) is 71.8 Å². The van der Waals surface area contributed by atoms with Crippen LogP contribution in [0.2, 0.25) is 0 Å². The summed E-state index contributed by atoms with van der Waals surface area (Å²) >= 11 is 0. The Morgan fingerprint density at radius 3 is 1.88 bits per heavy atom. The molecule has 0 saturated heterocycles. The molecule has 0 unspecified atom stereocenters. The first-order chi connectivity index (χ1) is 11.4. The summed E-state index contributed by atoms with van der Waals surface area (Å²) in [6.45, 7) is 0.264. The smallest absolute Gasteiger partial charge is 0.352 e. The average Bonchev–Trinajstić information content (AvgIpc) is 2.57. The second kappa shape index (κ2) is 8.49. The van der Waals surface area contributed by atoms with Crippen molar-refractivity contribution >= 4 is 5.91 Å². The maximum Gasteiger partial charge on any atom is 0.404 e. The monoisotopic (exact) mass is 336 g/mol. The van der Waals surface area contributed by atoms with E-state index in [2.05, 4.69) is 10.6 Å². The van der Waals surface area contributed by atoms with Gasteiger partial charge >= 0.3 is 6.18 Å². The molecule has 0 aliphatic rings. The molecule has 0 bridgehead atoms. The van der Waals surface area contributed by atoms with E-state index in [4.69, 9.17) is 0 Å². The summed E-state index contributed by atoms with van der Waals surface area (Å²) in [6.07, 6.45) is -5.14. The molecule has 0 heterocycles. The van der Waals surface area contributed by atoms with Gasteiger partial charge in [0.25, 0.3) is 0 Å². The van der Waals surface area contributed by atoms with Crippen LogP contribution in [0.4, 0.5) is 13.2 Å². The minimum Gasteiger partial charge on any atom is -0.352 e. The lowest BCUT2D eigenvalue weighted by Crippen LogP contribution is -2.45. The molecular weight excluding hydrogens is 317 g/mol. The number of rotatable bonds is 7. The Morgan fingerprint density at radius 2 is 1.38 bits per heavy atom. The van der Waals surface area contributed by atoms with Crippen LogP contribution >= 0.6 is 0 Å². The fourth-order valence-electron chi connectivity index (χ4n) is 2.19. The Hall–Kier alpha value is -2.34. The summed E-state index contributed by atoms with van der Waals surface area (Å²) in [5.41, 5.74) is 1.57. The standard InChI is InChI=1S/C18H19F3N2O/c19-18(20,21)16(22-12-14-7-3-1-4-8-14)11-17(24)23-13-15-9-5-2-6-10-15/h1-10,16,22H,11-13H2,(H,23,24)/t16-/m1/s1. The highest BCUT2D eigenvalue weighted by Gasteiger charge is 2.40. The molecule has 0 saturated carbocycles. The molecular formula is C18H19F3N2O. The zero-order chi connectivity index (χ0) is 17.4. The van der Waals surface area contributed by atoms with Crippen molar-refractivity contribution < 1.29 is 18.0 Å². The predicted molar refractivity (Wildman–Crippen MR) is 86.0 cm³/mol. The Morgan fingerprint density at radius 1 is 0.875 bits per heavy atom. The van der Waals surface area contributed by atoms with Crippen molar-refractivity contribution in [1.82, 2.24) is 10.6 Å². The lowest BCUT2D eigenvalue weighted by atomic mass is 10.1. The minimum atomic E-state index is -4.49. The van der Waals surface area contributed by atoms with E-state index in [1.807, 2.05) is 6.07 Å². The van der Waals surface area contributed by atoms with E-state index in [0.29, 0.717) is 0 Å². The molecule has 2 rings (SSSR count). The summed E-state index contributed by atoms with van der Waals surface area (Å²) in [7, 11) is 0. The molecule has 1 atom stereocenters. The van der Waals surface area contributed by atoms with Gasteiger partial charge in [-0.25, -0.2) is 0 Å². The van der Waals surface area contributed by atoms with Gasteiger partial charge in [-0.1, -0.05) is 60.7 Å². The lowest BCUT2D eigenvalue weighted by Gasteiger charge is -2.21. The largest absolute Gasteiger partial charge is 0.404 e. The van der Waals surface area contributed by atoms with E-state index in [0.717, 1.165) is 11.1 Å². The Bertz CT molecular complexity index is 630. The van der Waals surface area contributed by atoms with E-state index in [1.165, 1.54) is 0 Å². The molecule has 0 aromatic heterocycles. The normalized spacial score (nSPS) is 12.6. The molecule has 0 spiro atoms. The SMILES string of the molecule is O=C(C[C@@H](NCc1ccccc1)C(F)(F)F)NCc1ccccc1. The highest BCUT2D eigenvalue weighted by atomic mass is 19.4. The van der Waals surface area contributed by atoms with Gasteiger partial charge in [0.15, 0.2) is 0 Å². The third-order valence-corrected chi connectivity index (χ3v) is 3.51. The number of carbonyl (C=O) groups excluding carboxylic acids is 1. The number of benzene rings is 2. The molecule has 0 radical (unpaired) electrons. The van der Waals surface area contributed by atoms with Crippen molar-refractivity contribution in [1.29, 1.82) is 0 Å². The third-order valence-electron chi connectivity index (χ3n) is 3.51. The van der Waals surface area contributed by atoms with Crippen LogP contribution in [0.25, 0.3) is 0 Å². The van der Waals surface area contributed by atoms with E-state index in [1.54, 1.807) is 54.6 Å². The lowest BCUT2D eigenvalue weighted by molar-refractivity contribution is -0.162. The Kier molecular flexibility index (Phi) is 6.37. The topological polar surface area (TPSA) is 41.1 Å². The first-order valence-electron chi connectivity index (χ1n) is 7.60. The number of alkyl halides is 3. The van der Waals surface area contributed by atoms with Gasteiger partial charge in [-0.05, 0) is 11.1 Å². The fraction of sp³-hybridized carbons (Fsp3) is 0.278. The first-order valence-corrected chi connectivity index (χ1v) is 7.60. The first kappa shape index (κ1) is 18.0. The van der Waals surface area contributed by atoms with Crippen molar-refractivity contribution in [2.24, 2.45) is 0 Å². The zero-order valence-corrected chi connectivity index (χ0v) is 13.0. The number of halogens is 3. The van der Waals surface area contributed by atoms with Crippen LogP contribution in [0.1, 0.15) is 17.5 Å². The predicted octanol–water partition coefficient (Wildman–Crippen LogP) is 3.41. The second-order valence-electron chi connectivity index (χ2n) is 5.43. The van der Waals surface area contributed by atoms with Gasteiger partial charge < -0.3 is 10.6 Å². The maximum absolute atomic E-state index is 13.1. The number of hydrogen-bond donors (Lipinski definition) is 2. The van der Waals surface area contributed by atoms with Crippen molar-refractivity contribution in [2.45, 2.75) is 31.7 Å². The fourth-order valence-corrected chi connectivity index (χ4v) is 2.19. The van der Waals surface area contributed by atoms with Gasteiger partial charge in [-0.15, -0.1) is 0 Å². The van der Waals surface area contributed by atoms with Crippen LogP contribution in [0.3, 0.4) is 0 Å². The van der Waals surface area contributed by atoms with Crippen LogP contribution < -0.4 is 10.6 Å². The number of nitrogens with one attached hydrogen (secondary N) is 2. The van der Waals surface area contributed by atoms with Crippen LogP contribution in [-0.4, -0.2) is 18.1 Å². The molecule has 3 nitrogen and oxygen atoms in total. The van der Waals surface area contributed by atoms with E-state index >= 15 is 0 Å². The second-order valence-corrected chi connectivity index (χ2v) is 5.43. The summed E-state index contributed by atoms with van der Waals surface area (Å²) < 4.78 is 39.3. The summed E-state index contributed by atoms with van der Waals surface area (Å²) in [6, 6.07) is 15.9. The van der Waals surface area contributed by atoms with Gasteiger partial charge in [0.1, 0.15) is 6.04 Å². The quantitative estimate of drug-likeness (QED) is 0.813. The Labute approximate surface area is 138 Å². The van der Waals surface area contributed by atoms with Crippen LogP contribution in [-0.2, 0) is 17.9 Å². The summed E-state index contributed by atoms with van der Waals surface area (Å²) in [4.78, 5) is 11.8. The zero-order valence-electron chi connectivity index (χ0n) is 13.0. The highest BCUT2D eigenvalue weighted by molar-refractivity contribution is 5.76. The molecule has 2 aromatic carbocycles. The van der Waals surface area contributed by atoms with Crippen LogP contribution in [0.15, 0.2) is 60.7 Å². The summed E-state index contributed by atoms with van der Waals surface area (Å²) in [5.74, 6) is -0.637. The van der Waals surface area contributed by atoms with Gasteiger partial charge in [-0.2, -0.15) is 13.2 Å². The number of carbonyl (C=O) groups is 1. The average molecular weight is 336 g/mol. The van der Waals surface area contributed by atoms with Crippen molar-refractivity contribution in [3.63, 3.8) is 0 Å². The number of hydrogen-bond acceptors (Lipinski definition) is 2. The van der Waals surface area contributed by atoms with Crippen molar-refractivity contribution in [3.8, 4) is 0 Å². The molecule has 6 heteroatoms. The van der Waals surface area contributed by atoms with Gasteiger partial charge in [-0.3, -0.25) is 4.79 Å². The third kappa shape index (κ3) is 6.04. The van der Waals surface area contributed by atoms with Gasteiger partial charge in [0.05, 0.1) is 6.42 Å². The summed E-state index contributed by atoms with van der Waals surface area (Å²) in [5, 5.41) is 4.94. The molecule has 1 amide bonds. The molecule has 2 N–H and O–H groups in total. The molecule has 128 valence electrons. The van der Waals surface area contributed by atoms with Crippen LogP contribution in [0.5, 0.6) is 0 Å². The van der Waals surface area contributed by atoms with E-state index in [-0.39, 0.29) is 13.1 Å². The minimum absolute atomic E-state index is 0.0526. The van der Waals surface area contributed by atoms with Crippen LogP contribution in [0, 0.1) is 0 Å². The van der Waals surface area contributed by atoms with Gasteiger partial charge in [0.2, 0.25) is 5.91 Å². The van der Waals surface area contributed by atoms with E-state index in [9.17, 15) is 18.0 Å². The molecule has 24 heavy (non-hydrogen) atoms. The van der Waals surface area contributed by atoms with Gasteiger partial charge in [0, 0.05) is 13.1 Å². The molecule has 0 fully saturated rings. The van der Waals surface area contributed by atoms with Crippen molar-refractivity contribution in [2.75, 3.05) is 0 Å². The highest BCUT2D eigenvalue weighted by Crippen LogP contribution is 2.23.